The third-order valence-corrected chi connectivity index (χ3v) is 2.68. The van der Waals surface area contributed by atoms with Crippen molar-refractivity contribution in [3.63, 3.8) is 0 Å². The number of hydrogen-bond acceptors (Lipinski definition) is 3. The molecule has 0 bridgehead atoms. The SMILES string of the molecule is CC(C)(c1ccc(C#N)cc1)C(O)C(=O)O. The summed E-state index contributed by atoms with van der Waals surface area (Å²) in [6.07, 6.45) is -1.47. The monoisotopic (exact) mass is 219 g/mol. The highest BCUT2D eigenvalue weighted by molar-refractivity contribution is 5.74. The van der Waals surface area contributed by atoms with E-state index in [2.05, 4.69) is 0 Å². The van der Waals surface area contributed by atoms with Crippen molar-refractivity contribution in [1.82, 2.24) is 0 Å². The fraction of sp³-hybridized carbons (Fsp3) is 0.333. The first-order chi connectivity index (χ1) is 7.39. The van der Waals surface area contributed by atoms with Crippen LogP contribution in [0.1, 0.15) is 25.0 Å². The van der Waals surface area contributed by atoms with Crippen molar-refractivity contribution < 1.29 is 15.0 Å². The van der Waals surface area contributed by atoms with Crippen molar-refractivity contribution in [1.29, 1.82) is 5.26 Å². The lowest BCUT2D eigenvalue weighted by Gasteiger charge is -2.28. The average Bonchev–Trinajstić information content (AvgIpc) is 2.28. The van der Waals surface area contributed by atoms with E-state index in [0.29, 0.717) is 11.1 Å². The molecule has 0 saturated heterocycles. The van der Waals surface area contributed by atoms with E-state index in [-0.39, 0.29) is 0 Å². The van der Waals surface area contributed by atoms with Crippen molar-refractivity contribution in [2.24, 2.45) is 0 Å². The van der Waals surface area contributed by atoms with Crippen molar-refractivity contribution in [2.45, 2.75) is 25.4 Å². The number of rotatable bonds is 3. The lowest BCUT2D eigenvalue weighted by molar-refractivity contribution is -0.150. The number of hydrogen-bond donors (Lipinski definition) is 2. The lowest BCUT2D eigenvalue weighted by Crippen LogP contribution is -2.39. The van der Waals surface area contributed by atoms with Gasteiger partial charge in [-0.3, -0.25) is 0 Å². The second kappa shape index (κ2) is 4.33. The number of aliphatic hydroxyl groups is 1. The maximum Gasteiger partial charge on any atom is 0.333 e. The smallest absolute Gasteiger partial charge is 0.333 e. The highest BCUT2D eigenvalue weighted by Gasteiger charge is 2.34. The highest BCUT2D eigenvalue weighted by atomic mass is 16.4. The van der Waals surface area contributed by atoms with Gasteiger partial charge >= 0.3 is 5.97 Å². The van der Waals surface area contributed by atoms with Gasteiger partial charge in [0.05, 0.1) is 11.6 Å². The topological polar surface area (TPSA) is 81.3 Å². The predicted molar refractivity (Wildman–Crippen MR) is 57.8 cm³/mol. The first-order valence-corrected chi connectivity index (χ1v) is 4.81. The number of aliphatic hydroxyl groups excluding tert-OH is 1. The van der Waals surface area contributed by atoms with E-state index in [1.54, 1.807) is 38.1 Å². The Balaban J connectivity index is 3.07. The summed E-state index contributed by atoms with van der Waals surface area (Å²) in [6, 6.07) is 8.50. The molecule has 0 heterocycles. The van der Waals surface area contributed by atoms with Crippen LogP contribution < -0.4 is 0 Å². The first kappa shape index (κ1) is 12.2. The number of nitriles is 1. The van der Waals surface area contributed by atoms with Crippen LogP contribution in [0.3, 0.4) is 0 Å². The maximum absolute atomic E-state index is 10.7. The van der Waals surface area contributed by atoms with Gasteiger partial charge in [-0.05, 0) is 17.7 Å². The van der Waals surface area contributed by atoms with E-state index in [0.717, 1.165) is 0 Å². The Morgan fingerprint density at radius 2 is 1.88 bits per heavy atom. The zero-order valence-electron chi connectivity index (χ0n) is 9.14. The molecule has 1 atom stereocenters. The third-order valence-electron chi connectivity index (χ3n) is 2.68. The molecule has 1 aromatic rings. The number of aliphatic carboxylic acids is 1. The van der Waals surface area contributed by atoms with Gasteiger partial charge in [-0.1, -0.05) is 26.0 Å². The van der Waals surface area contributed by atoms with Crippen LogP contribution in [0.2, 0.25) is 0 Å². The summed E-state index contributed by atoms with van der Waals surface area (Å²) in [5.41, 5.74) is 0.297. The molecule has 0 saturated carbocycles. The molecule has 0 aliphatic heterocycles. The molecule has 1 rings (SSSR count). The minimum atomic E-state index is -1.47. The van der Waals surface area contributed by atoms with Crippen LogP contribution in [0.15, 0.2) is 24.3 Å². The van der Waals surface area contributed by atoms with Crippen LogP contribution in [0, 0.1) is 11.3 Å². The van der Waals surface area contributed by atoms with Crippen LogP contribution in [-0.4, -0.2) is 22.3 Å². The van der Waals surface area contributed by atoms with Gasteiger partial charge in [0.25, 0.3) is 0 Å². The van der Waals surface area contributed by atoms with E-state index in [9.17, 15) is 9.90 Å². The largest absolute Gasteiger partial charge is 0.479 e. The van der Waals surface area contributed by atoms with Crippen molar-refractivity contribution in [3.8, 4) is 6.07 Å². The van der Waals surface area contributed by atoms with Crippen LogP contribution in [-0.2, 0) is 10.2 Å². The lowest BCUT2D eigenvalue weighted by atomic mass is 9.79. The highest BCUT2D eigenvalue weighted by Crippen LogP contribution is 2.27. The maximum atomic E-state index is 10.7. The minimum Gasteiger partial charge on any atom is -0.479 e. The molecule has 1 unspecified atom stereocenters. The molecular formula is C12H13NO3. The number of carboxylic acids is 1. The second-order valence-electron chi connectivity index (χ2n) is 4.15. The van der Waals surface area contributed by atoms with Crippen LogP contribution in [0.4, 0.5) is 0 Å². The first-order valence-electron chi connectivity index (χ1n) is 4.81. The molecular weight excluding hydrogens is 206 g/mol. The molecule has 0 aliphatic rings. The molecule has 0 radical (unpaired) electrons. The van der Waals surface area contributed by atoms with Gasteiger partial charge in [-0.25, -0.2) is 4.79 Å². The standard InChI is InChI=1S/C12H13NO3/c1-12(2,10(14)11(15)16)9-5-3-8(7-13)4-6-9/h3-6,10,14H,1-2H3,(H,15,16). The average molecular weight is 219 g/mol. The van der Waals surface area contributed by atoms with Gasteiger partial charge in [0.2, 0.25) is 0 Å². The van der Waals surface area contributed by atoms with E-state index < -0.39 is 17.5 Å². The Morgan fingerprint density at radius 3 is 2.25 bits per heavy atom. The Hall–Kier alpha value is -1.86. The van der Waals surface area contributed by atoms with Gasteiger partial charge in [-0.15, -0.1) is 0 Å². The minimum absolute atomic E-state index is 0.504. The summed E-state index contributed by atoms with van der Waals surface area (Å²) in [7, 11) is 0. The molecule has 16 heavy (non-hydrogen) atoms. The van der Waals surface area contributed by atoms with Gasteiger partial charge in [0.1, 0.15) is 0 Å². The fourth-order valence-corrected chi connectivity index (χ4v) is 1.44. The number of benzene rings is 1. The number of carboxylic acid groups (broad SMARTS) is 1. The third kappa shape index (κ3) is 2.20. The Kier molecular flexibility index (Phi) is 3.31. The Labute approximate surface area is 93.8 Å². The van der Waals surface area contributed by atoms with Gasteiger partial charge in [0, 0.05) is 5.41 Å². The molecule has 4 heteroatoms. The van der Waals surface area contributed by atoms with Gasteiger partial charge in [0.15, 0.2) is 6.10 Å². The molecule has 1 aromatic carbocycles. The molecule has 4 nitrogen and oxygen atoms in total. The molecule has 84 valence electrons. The summed E-state index contributed by atoms with van der Waals surface area (Å²) in [6.45, 7) is 3.29. The fourth-order valence-electron chi connectivity index (χ4n) is 1.44. The van der Waals surface area contributed by atoms with Gasteiger partial charge in [-0.2, -0.15) is 5.26 Å². The predicted octanol–water partition coefficient (Wildman–Crippen LogP) is 1.28. The zero-order valence-corrected chi connectivity index (χ0v) is 9.14. The zero-order chi connectivity index (χ0) is 12.3. The van der Waals surface area contributed by atoms with Crippen LogP contribution in [0.5, 0.6) is 0 Å². The normalized spacial score (nSPS) is 12.9. The van der Waals surface area contributed by atoms with Crippen molar-refractivity contribution in [2.75, 3.05) is 0 Å². The van der Waals surface area contributed by atoms with Gasteiger partial charge < -0.3 is 10.2 Å². The summed E-state index contributed by atoms with van der Waals surface area (Å²) in [4.78, 5) is 10.7. The van der Waals surface area contributed by atoms with E-state index in [1.165, 1.54) is 0 Å². The molecule has 0 spiro atoms. The molecule has 0 aliphatic carbocycles. The molecule has 0 fully saturated rings. The summed E-state index contributed by atoms with van der Waals surface area (Å²) < 4.78 is 0. The van der Waals surface area contributed by atoms with Crippen LogP contribution in [0.25, 0.3) is 0 Å². The second-order valence-corrected chi connectivity index (χ2v) is 4.15. The molecule has 0 amide bonds. The van der Waals surface area contributed by atoms with Crippen molar-refractivity contribution >= 4 is 5.97 Å². The van der Waals surface area contributed by atoms with E-state index in [4.69, 9.17) is 10.4 Å². The Morgan fingerprint density at radius 1 is 1.38 bits per heavy atom. The molecule has 2 N–H and O–H groups in total. The summed E-state index contributed by atoms with van der Waals surface area (Å²) in [5.74, 6) is -1.26. The van der Waals surface area contributed by atoms with E-state index in [1.807, 2.05) is 6.07 Å². The quantitative estimate of drug-likeness (QED) is 0.802. The number of carbonyl (C=O) groups is 1. The summed E-state index contributed by atoms with van der Waals surface area (Å²) in [5, 5.41) is 27.0. The molecule has 0 aromatic heterocycles. The van der Waals surface area contributed by atoms with Crippen molar-refractivity contribution in [3.05, 3.63) is 35.4 Å². The summed E-state index contributed by atoms with van der Waals surface area (Å²) >= 11 is 0. The number of nitrogens with zero attached hydrogens (tertiary/aromatic N) is 1. The Bertz CT molecular complexity index is 429. The van der Waals surface area contributed by atoms with Crippen LogP contribution >= 0.6 is 0 Å². The van der Waals surface area contributed by atoms with E-state index >= 15 is 0 Å².